The zero-order valence-corrected chi connectivity index (χ0v) is 10.7. The van der Waals surface area contributed by atoms with Crippen LogP contribution in [0.1, 0.15) is 24.0 Å². The van der Waals surface area contributed by atoms with Crippen molar-refractivity contribution in [1.29, 1.82) is 0 Å². The van der Waals surface area contributed by atoms with Crippen molar-refractivity contribution in [3.05, 3.63) is 23.3 Å². The molecule has 1 amide bonds. The van der Waals surface area contributed by atoms with Gasteiger partial charge in [-0.3, -0.25) is 4.79 Å². The van der Waals surface area contributed by atoms with E-state index >= 15 is 0 Å². The van der Waals surface area contributed by atoms with Crippen LogP contribution in [-0.4, -0.2) is 19.7 Å². The first-order valence-electron chi connectivity index (χ1n) is 5.98. The van der Waals surface area contributed by atoms with E-state index in [4.69, 9.17) is 0 Å². The molecule has 0 bridgehead atoms. The molecule has 1 aliphatic carbocycles. The number of carbonyl (C=O) groups is 2. The summed E-state index contributed by atoms with van der Waals surface area (Å²) >= 11 is 0. The fourth-order valence-corrected chi connectivity index (χ4v) is 2.26. The largest absolute Gasteiger partial charge is 0.418 e. The number of rotatable bonds is 5. The van der Waals surface area contributed by atoms with Crippen LogP contribution in [0.4, 0.5) is 24.5 Å². The lowest BCUT2D eigenvalue weighted by atomic mass is 9.92. The summed E-state index contributed by atoms with van der Waals surface area (Å²) in [6, 6.07) is 2.27. The first-order chi connectivity index (χ1) is 9.38. The Bertz CT molecular complexity index is 551. The molecule has 0 atom stereocenters. The maximum Gasteiger partial charge on any atom is 0.418 e. The third-order valence-corrected chi connectivity index (χ3v) is 3.47. The van der Waals surface area contributed by atoms with Crippen molar-refractivity contribution in [3.63, 3.8) is 0 Å². The van der Waals surface area contributed by atoms with Crippen LogP contribution in [0, 0.1) is 0 Å². The average Bonchev–Trinajstić information content (AvgIpc) is 3.18. The van der Waals surface area contributed by atoms with E-state index in [-0.39, 0.29) is 16.9 Å². The summed E-state index contributed by atoms with van der Waals surface area (Å²) in [6.07, 6.45) is -2.58. The van der Waals surface area contributed by atoms with Gasteiger partial charge in [0.2, 0.25) is 6.41 Å². The smallest absolute Gasteiger partial charge is 0.387 e. The van der Waals surface area contributed by atoms with Crippen molar-refractivity contribution in [1.82, 2.24) is 0 Å². The summed E-state index contributed by atoms with van der Waals surface area (Å²) < 4.78 is 39.3. The molecule has 0 saturated heterocycles. The van der Waals surface area contributed by atoms with E-state index in [1.165, 1.54) is 13.1 Å². The van der Waals surface area contributed by atoms with Gasteiger partial charge in [-0.05, 0) is 30.5 Å². The van der Waals surface area contributed by atoms with Gasteiger partial charge in [0.05, 0.1) is 16.7 Å². The molecule has 4 nitrogen and oxygen atoms in total. The second kappa shape index (κ2) is 4.81. The number of anilines is 2. The lowest BCUT2D eigenvalue weighted by Crippen LogP contribution is -2.17. The van der Waals surface area contributed by atoms with Crippen LogP contribution in [-0.2, 0) is 21.2 Å². The number of nitrogens with one attached hydrogen (secondary N) is 2. The summed E-state index contributed by atoms with van der Waals surface area (Å²) in [5, 5.41) is 4.74. The summed E-state index contributed by atoms with van der Waals surface area (Å²) in [4.78, 5) is 21.6. The molecule has 2 rings (SSSR count). The standard InChI is InChI=1S/C13H13F3N2O2/c1-17-11-9(12(6-19)2-3-12)4-8(18-7-20)5-10(11)13(14,15)16/h4-7,17H,2-3H2,1H3,(H,18,20). The zero-order valence-electron chi connectivity index (χ0n) is 10.7. The van der Waals surface area contributed by atoms with Crippen molar-refractivity contribution in [2.45, 2.75) is 24.4 Å². The van der Waals surface area contributed by atoms with Crippen molar-refractivity contribution in [3.8, 4) is 0 Å². The van der Waals surface area contributed by atoms with Crippen LogP contribution in [0.2, 0.25) is 0 Å². The highest BCUT2D eigenvalue weighted by Crippen LogP contribution is 2.52. The molecular formula is C13H13F3N2O2. The van der Waals surface area contributed by atoms with Gasteiger partial charge in [0.1, 0.15) is 6.29 Å². The molecule has 1 fully saturated rings. The molecule has 1 aromatic rings. The SMILES string of the molecule is CNc1c(C(F)(F)F)cc(NC=O)cc1C1(C=O)CC1. The van der Waals surface area contributed by atoms with Crippen LogP contribution >= 0.6 is 0 Å². The second-order valence-corrected chi connectivity index (χ2v) is 4.73. The Morgan fingerprint density at radius 3 is 2.30 bits per heavy atom. The van der Waals surface area contributed by atoms with Crippen LogP contribution in [0.3, 0.4) is 0 Å². The van der Waals surface area contributed by atoms with Gasteiger partial charge in [0.25, 0.3) is 0 Å². The number of alkyl halides is 3. The molecule has 1 aliphatic rings. The van der Waals surface area contributed by atoms with Gasteiger partial charge in [-0.1, -0.05) is 0 Å². The van der Waals surface area contributed by atoms with Crippen LogP contribution in [0.5, 0.6) is 0 Å². The van der Waals surface area contributed by atoms with Crippen LogP contribution < -0.4 is 10.6 Å². The second-order valence-electron chi connectivity index (χ2n) is 4.73. The van der Waals surface area contributed by atoms with Crippen LogP contribution in [0.25, 0.3) is 0 Å². The molecule has 0 unspecified atom stereocenters. The van der Waals surface area contributed by atoms with E-state index in [0.717, 1.165) is 6.07 Å². The normalized spacial score (nSPS) is 16.4. The predicted octanol–water partition coefficient (Wildman–Crippen LogP) is 2.55. The lowest BCUT2D eigenvalue weighted by molar-refractivity contribution is -0.137. The highest BCUT2D eigenvalue weighted by molar-refractivity contribution is 5.83. The van der Waals surface area contributed by atoms with E-state index in [9.17, 15) is 22.8 Å². The zero-order chi connectivity index (χ0) is 15.0. The highest BCUT2D eigenvalue weighted by atomic mass is 19.4. The van der Waals surface area contributed by atoms with Crippen molar-refractivity contribution in [2.75, 3.05) is 17.7 Å². The number of amides is 1. The van der Waals surface area contributed by atoms with Crippen LogP contribution in [0.15, 0.2) is 12.1 Å². The molecular weight excluding hydrogens is 273 g/mol. The maximum atomic E-state index is 13.1. The molecule has 0 radical (unpaired) electrons. The fourth-order valence-electron chi connectivity index (χ4n) is 2.26. The quantitative estimate of drug-likeness (QED) is 0.818. The molecule has 0 heterocycles. The number of hydrogen-bond donors (Lipinski definition) is 2. The monoisotopic (exact) mass is 286 g/mol. The van der Waals surface area contributed by atoms with E-state index in [2.05, 4.69) is 10.6 Å². The van der Waals surface area contributed by atoms with Crippen molar-refractivity contribution >= 4 is 24.1 Å². The Morgan fingerprint density at radius 2 is 1.90 bits per heavy atom. The number of carbonyl (C=O) groups excluding carboxylic acids is 2. The molecule has 7 heteroatoms. The molecule has 1 aromatic carbocycles. The van der Waals surface area contributed by atoms with Crippen molar-refractivity contribution in [2.24, 2.45) is 0 Å². The topological polar surface area (TPSA) is 58.2 Å². The van der Waals surface area contributed by atoms with E-state index in [0.29, 0.717) is 25.5 Å². The fraction of sp³-hybridized carbons (Fsp3) is 0.385. The highest BCUT2D eigenvalue weighted by Gasteiger charge is 2.48. The van der Waals surface area contributed by atoms with Gasteiger partial charge in [0.15, 0.2) is 0 Å². The molecule has 108 valence electrons. The van der Waals surface area contributed by atoms with Gasteiger partial charge < -0.3 is 15.4 Å². The molecule has 0 spiro atoms. The third kappa shape index (κ3) is 2.35. The third-order valence-electron chi connectivity index (χ3n) is 3.47. The van der Waals surface area contributed by atoms with E-state index < -0.39 is 17.2 Å². The Kier molecular flexibility index (Phi) is 3.45. The minimum atomic E-state index is -4.58. The summed E-state index contributed by atoms with van der Waals surface area (Å²) in [6.45, 7) is 0. The van der Waals surface area contributed by atoms with Gasteiger partial charge >= 0.3 is 6.18 Å². The Balaban J connectivity index is 2.68. The Morgan fingerprint density at radius 1 is 1.25 bits per heavy atom. The summed E-state index contributed by atoms with van der Waals surface area (Å²) in [5.41, 5.74) is -1.59. The Labute approximate surface area is 113 Å². The molecule has 1 saturated carbocycles. The van der Waals surface area contributed by atoms with Crippen molar-refractivity contribution < 1.29 is 22.8 Å². The summed E-state index contributed by atoms with van der Waals surface area (Å²) in [5.74, 6) is 0. The molecule has 20 heavy (non-hydrogen) atoms. The lowest BCUT2D eigenvalue weighted by Gasteiger charge is -2.21. The molecule has 2 N–H and O–H groups in total. The minimum Gasteiger partial charge on any atom is -0.387 e. The maximum absolute atomic E-state index is 13.1. The predicted molar refractivity (Wildman–Crippen MR) is 67.7 cm³/mol. The number of aldehydes is 1. The Hall–Kier alpha value is -2.05. The van der Waals surface area contributed by atoms with Gasteiger partial charge in [-0.15, -0.1) is 0 Å². The minimum absolute atomic E-state index is 0.0226. The number of hydrogen-bond acceptors (Lipinski definition) is 3. The number of benzene rings is 1. The van der Waals surface area contributed by atoms with Gasteiger partial charge in [0, 0.05) is 12.7 Å². The summed E-state index contributed by atoms with van der Waals surface area (Å²) in [7, 11) is 1.38. The number of halogens is 3. The first-order valence-corrected chi connectivity index (χ1v) is 5.98. The average molecular weight is 286 g/mol. The van der Waals surface area contributed by atoms with Gasteiger partial charge in [-0.25, -0.2) is 0 Å². The van der Waals surface area contributed by atoms with E-state index in [1.54, 1.807) is 0 Å². The first kappa shape index (κ1) is 14.4. The molecule has 0 aromatic heterocycles. The van der Waals surface area contributed by atoms with E-state index in [1.807, 2.05) is 0 Å². The molecule has 0 aliphatic heterocycles. The van der Waals surface area contributed by atoms with Gasteiger partial charge in [-0.2, -0.15) is 13.2 Å².